The van der Waals surface area contributed by atoms with Gasteiger partial charge in [-0.1, -0.05) is 18.2 Å². The molecule has 3 nitrogen and oxygen atoms in total. The molecule has 0 unspecified atom stereocenters. The Morgan fingerprint density at radius 2 is 1.91 bits per heavy atom. The summed E-state index contributed by atoms with van der Waals surface area (Å²) in [5.41, 5.74) is 4.30. The molecule has 0 aliphatic carbocycles. The maximum absolute atomic E-state index is 13.8. The van der Waals surface area contributed by atoms with Crippen LogP contribution >= 0.6 is 0 Å². The maximum atomic E-state index is 13.8. The van der Waals surface area contributed by atoms with Crippen molar-refractivity contribution in [1.82, 2.24) is 9.47 Å². The Morgan fingerprint density at radius 1 is 1.13 bits per heavy atom. The van der Waals surface area contributed by atoms with Crippen LogP contribution in [0.15, 0.2) is 48.5 Å². The highest BCUT2D eigenvalue weighted by Crippen LogP contribution is 2.33. The summed E-state index contributed by atoms with van der Waals surface area (Å²) in [7, 11) is 1.59. The summed E-state index contributed by atoms with van der Waals surface area (Å²) >= 11 is 0. The fourth-order valence-corrected chi connectivity index (χ4v) is 3.47. The fraction of sp³-hybridized carbons (Fsp3) is 0.167. The van der Waals surface area contributed by atoms with Gasteiger partial charge < -0.3 is 9.47 Å². The van der Waals surface area contributed by atoms with Crippen LogP contribution in [0.4, 0.5) is 9.18 Å². The first-order valence-electron chi connectivity index (χ1n) is 7.78. The molecule has 23 heavy (non-hydrogen) atoms. The number of aromatic nitrogens is 1. The molecule has 1 aromatic heterocycles. The quantitative estimate of drug-likeness (QED) is 0.635. The molecule has 2 aromatic carbocycles. The lowest BCUT2D eigenvalue weighted by molar-refractivity contribution is 0.216. The average Bonchev–Trinajstić information content (AvgIpc) is 2.88. The zero-order chi connectivity index (χ0) is 16.0. The van der Waals surface area contributed by atoms with Crippen molar-refractivity contribution in [3.05, 3.63) is 65.6 Å². The van der Waals surface area contributed by atoms with E-state index >= 15 is 0 Å². The van der Waals surface area contributed by atoms with Crippen molar-refractivity contribution >= 4 is 24.6 Å². The highest BCUT2D eigenvalue weighted by molar-refractivity contribution is 6.56. The molecule has 0 atom stereocenters. The van der Waals surface area contributed by atoms with Gasteiger partial charge in [0, 0.05) is 41.8 Å². The van der Waals surface area contributed by atoms with Crippen LogP contribution < -0.4 is 0 Å². The number of carbonyl (C=O) groups is 1. The third-order valence-corrected chi connectivity index (χ3v) is 4.57. The van der Waals surface area contributed by atoms with Crippen molar-refractivity contribution in [1.29, 1.82) is 0 Å². The molecule has 4 rings (SSSR count). The minimum atomic E-state index is -0.245. The zero-order valence-electron chi connectivity index (χ0n) is 12.9. The van der Waals surface area contributed by atoms with Gasteiger partial charge in [0.05, 0.1) is 5.52 Å². The molecule has 5 heteroatoms. The van der Waals surface area contributed by atoms with Crippen LogP contribution in [-0.4, -0.2) is 29.7 Å². The first kappa shape index (κ1) is 14.1. The standard InChI is InChI=1S/C18H16BFN2O/c19-18(23)21-9-8-17-15(11-21)14-10-12(20)6-7-16(14)22(17)13-4-2-1-3-5-13/h1-7,10H,8-9,11,19H2. The number of carbonyl (C=O) groups excluding carboxylic acids is 1. The van der Waals surface area contributed by atoms with Crippen molar-refractivity contribution in [2.45, 2.75) is 13.0 Å². The molecule has 0 saturated carbocycles. The van der Waals surface area contributed by atoms with Crippen LogP contribution in [0, 0.1) is 5.82 Å². The van der Waals surface area contributed by atoms with E-state index in [9.17, 15) is 9.18 Å². The van der Waals surface area contributed by atoms with Crippen LogP contribution in [0.3, 0.4) is 0 Å². The van der Waals surface area contributed by atoms with E-state index in [4.69, 9.17) is 0 Å². The first-order valence-corrected chi connectivity index (χ1v) is 7.78. The van der Waals surface area contributed by atoms with Gasteiger partial charge in [-0.15, -0.1) is 0 Å². The lowest BCUT2D eigenvalue weighted by atomic mass is 10.0. The van der Waals surface area contributed by atoms with Gasteiger partial charge >= 0.3 is 0 Å². The van der Waals surface area contributed by atoms with E-state index in [1.807, 2.05) is 29.2 Å². The third kappa shape index (κ3) is 2.24. The van der Waals surface area contributed by atoms with Crippen LogP contribution in [0.2, 0.25) is 0 Å². The molecule has 0 N–H and O–H groups in total. The van der Waals surface area contributed by atoms with Gasteiger partial charge in [0.1, 0.15) is 5.82 Å². The average molecular weight is 306 g/mol. The van der Waals surface area contributed by atoms with Gasteiger partial charge in [0.25, 0.3) is 0 Å². The Hall–Kier alpha value is -2.56. The van der Waals surface area contributed by atoms with E-state index in [0.29, 0.717) is 13.1 Å². The molecule has 0 saturated heterocycles. The number of fused-ring (bicyclic) bond motifs is 3. The molecule has 1 aliphatic rings. The molecule has 1 aliphatic heterocycles. The molecular formula is C18H16BFN2O. The summed E-state index contributed by atoms with van der Waals surface area (Å²) in [6.45, 7) is 1.25. The summed E-state index contributed by atoms with van der Waals surface area (Å²) < 4.78 is 16.0. The Labute approximate surface area is 134 Å². The predicted octanol–water partition coefficient (Wildman–Crippen LogP) is 2.88. The third-order valence-electron chi connectivity index (χ3n) is 4.57. The lowest BCUT2D eigenvalue weighted by Crippen LogP contribution is -2.35. The summed E-state index contributed by atoms with van der Waals surface area (Å²) in [6.07, 6.45) is 0.778. The van der Waals surface area contributed by atoms with Crippen molar-refractivity contribution in [3.8, 4) is 5.69 Å². The van der Waals surface area contributed by atoms with Crippen LogP contribution in [0.5, 0.6) is 0 Å². The van der Waals surface area contributed by atoms with E-state index in [-0.39, 0.29) is 11.6 Å². The lowest BCUT2D eigenvalue weighted by Gasteiger charge is -2.27. The second kappa shape index (κ2) is 5.27. The fourth-order valence-electron chi connectivity index (χ4n) is 3.47. The van der Waals surface area contributed by atoms with Gasteiger partial charge in [-0.2, -0.15) is 0 Å². The van der Waals surface area contributed by atoms with Gasteiger partial charge in [-0.25, -0.2) is 4.39 Å². The Balaban J connectivity index is 1.99. The molecule has 0 radical (unpaired) electrons. The number of amides is 1. The minimum absolute atomic E-state index is 0.0627. The van der Waals surface area contributed by atoms with Crippen molar-refractivity contribution < 1.29 is 9.18 Å². The Morgan fingerprint density at radius 3 is 2.65 bits per heavy atom. The van der Waals surface area contributed by atoms with Crippen LogP contribution in [-0.2, 0) is 13.0 Å². The van der Waals surface area contributed by atoms with Crippen LogP contribution in [0.1, 0.15) is 11.3 Å². The zero-order valence-corrected chi connectivity index (χ0v) is 12.9. The summed E-state index contributed by atoms with van der Waals surface area (Å²) in [5.74, 6) is -0.182. The number of benzene rings is 2. The first-order chi connectivity index (χ1) is 11.1. The van der Waals surface area contributed by atoms with E-state index in [1.165, 1.54) is 11.8 Å². The van der Waals surface area contributed by atoms with Gasteiger partial charge in [-0.3, -0.25) is 4.79 Å². The molecule has 0 fully saturated rings. The number of rotatable bonds is 1. The molecule has 3 aromatic rings. The normalized spacial score (nSPS) is 14.0. The molecule has 114 valence electrons. The van der Waals surface area contributed by atoms with Gasteiger partial charge in [-0.05, 0) is 30.3 Å². The van der Waals surface area contributed by atoms with E-state index < -0.39 is 0 Å². The van der Waals surface area contributed by atoms with Crippen molar-refractivity contribution in [3.63, 3.8) is 0 Å². The second-order valence-corrected chi connectivity index (χ2v) is 5.95. The molecule has 0 bridgehead atoms. The summed E-state index contributed by atoms with van der Waals surface area (Å²) in [5, 5.41) is 0.898. The number of para-hydroxylation sites is 1. The van der Waals surface area contributed by atoms with E-state index in [1.54, 1.807) is 13.9 Å². The monoisotopic (exact) mass is 306 g/mol. The second-order valence-electron chi connectivity index (χ2n) is 5.95. The maximum Gasteiger partial charge on any atom is 0.215 e. The van der Waals surface area contributed by atoms with E-state index in [0.717, 1.165) is 28.6 Å². The molecule has 0 spiro atoms. The van der Waals surface area contributed by atoms with Crippen molar-refractivity contribution in [2.24, 2.45) is 0 Å². The summed E-state index contributed by atoms with van der Waals surface area (Å²) in [6, 6.07) is 15.0. The number of halogens is 1. The molecule has 2 heterocycles. The van der Waals surface area contributed by atoms with Gasteiger partial charge in [0.15, 0.2) is 5.81 Å². The smallest absolute Gasteiger partial charge is 0.215 e. The number of hydrogen-bond donors (Lipinski definition) is 0. The number of hydrogen-bond acceptors (Lipinski definition) is 1. The predicted molar refractivity (Wildman–Crippen MR) is 91.3 cm³/mol. The van der Waals surface area contributed by atoms with Crippen molar-refractivity contribution in [2.75, 3.05) is 6.54 Å². The van der Waals surface area contributed by atoms with Crippen LogP contribution in [0.25, 0.3) is 16.6 Å². The largest absolute Gasteiger partial charge is 0.347 e. The Bertz CT molecular complexity index is 904. The topological polar surface area (TPSA) is 25.2 Å². The van der Waals surface area contributed by atoms with E-state index in [2.05, 4.69) is 16.7 Å². The minimum Gasteiger partial charge on any atom is -0.347 e. The number of nitrogens with zero attached hydrogens (tertiary/aromatic N) is 2. The summed E-state index contributed by atoms with van der Waals surface area (Å²) in [4.78, 5) is 13.6. The molecule has 1 amide bonds. The SMILES string of the molecule is BC(=O)N1CCc2c(c3cc(F)ccc3n2-c2ccccc2)C1. The highest BCUT2D eigenvalue weighted by Gasteiger charge is 2.25. The highest BCUT2D eigenvalue weighted by atomic mass is 19.1. The van der Waals surface area contributed by atoms with Gasteiger partial charge in [0.2, 0.25) is 7.85 Å². The Kier molecular flexibility index (Phi) is 3.22. The molecular weight excluding hydrogens is 290 g/mol.